The van der Waals surface area contributed by atoms with E-state index in [1.807, 2.05) is 6.07 Å². The van der Waals surface area contributed by atoms with Gasteiger partial charge < -0.3 is 9.88 Å². The average molecular weight is 392 g/mol. The maximum absolute atomic E-state index is 12.5. The maximum Gasteiger partial charge on any atom is 0.232 e. The lowest BCUT2D eigenvalue weighted by Crippen LogP contribution is -2.17. The van der Waals surface area contributed by atoms with Crippen LogP contribution in [0.25, 0.3) is 10.9 Å². The summed E-state index contributed by atoms with van der Waals surface area (Å²) in [7, 11) is -0.239. The number of aromatic amines is 1. The minimum atomic E-state index is -3.66. The lowest BCUT2D eigenvalue weighted by Gasteiger charge is -2.10. The Hall–Kier alpha value is -2.86. The van der Waals surface area contributed by atoms with E-state index in [9.17, 15) is 22.9 Å². The van der Waals surface area contributed by atoms with E-state index in [-0.39, 0.29) is 23.4 Å². The summed E-state index contributed by atoms with van der Waals surface area (Å²) in [6.45, 7) is 1.02. The van der Waals surface area contributed by atoms with Crippen LogP contribution in [0.3, 0.4) is 0 Å². The van der Waals surface area contributed by atoms with Crippen LogP contribution in [0.15, 0.2) is 30.0 Å². The standard InChI is InChI=1S/C18H21FN4O3S/c1-12-7-13-8-17(18(24)14(10-20)11-23(2)3)21-16(13)9-15(12)22-27(25,26)6-4-5-19/h7-9,11,21-22H,4-6H2,1-3H3/b14-11+. The highest BCUT2D eigenvalue weighted by Crippen LogP contribution is 2.26. The number of aromatic nitrogens is 1. The zero-order chi connectivity index (χ0) is 20.2. The molecule has 0 atom stereocenters. The minimum Gasteiger partial charge on any atom is -0.382 e. The number of allylic oxidation sites excluding steroid dienone is 1. The summed E-state index contributed by atoms with van der Waals surface area (Å²) in [6.07, 6.45) is 1.36. The third kappa shape index (κ3) is 5.08. The number of carbonyl (C=O) groups excluding carboxylic acids is 1. The van der Waals surface area contributed by atoms with Gasteiger partial charge in [0, 0.05) is 31.2 Å². The number of carbonyl (C=O) groups is 1. The van der Waals surface area contributed by atoms with Gasteiger partial charge in [0.2, 0.25) is 15.8 Å². The Morgan fingerprint density at radius 3 is 2.67 bits per heavy atom. The predicted octanol–water partition coefficient (Wildman–Crippen LogP) is 2.73. The van der Waals surface area contributed by atoms with Crippen LogP contribution in [0.4, 0.5) is 10.1 Å². The van der Waals surface area contributed by atoms with E-state index < -0.39 is 22.5 Å². The predicted molar refractivity (Wildman–Crippen MR) is 103 cm³/mol. The van der Waals surface area contributed by atoms with Crippen molar-refractivity contribution in [2.24, 2.45) is 0 Å². The number of nitriles is 1. The van der Waals surface area contributed by atoms with E-state index in [2.05, 4.69) is 9.71 Å². The van der Waals surface area contributed by atoms with Crippen LogP contribution in [0.1, 0.15) is 22.5 Å². The summed E-state index contributed by atoms with van der Waals surface area (Å²) in [5.74, 6) is -0.763. The van der Waals surface area contributed by atoms with E-state index in [0.717, 1.165) is 0 Å². The van der Waals surface area contributed by atoms with Crippen LogP contribution in [0.2, 0.25) is 0 Å². The third-order valence-electron chi connectivity index (χ3n) is 3.77. The van der Waals surface area contributed by atoms with Gasteiger partial charge in [-0.25, -0.2) is 8.42 Å². The molecule has 1 aromatic carbocycles. The van der Waals surface area contributed by atoms with E-state index in [1.165, 1.54) is 6.20 Å². The van der Waals surface area contributed by atoms with Gasteiger partial charge in [-0.3, -0.25) is 13.9 Å². The number of hydrogen-bond donors (Lipinski definition) is 2. The number of nitrogens with one attached hydrogen (secondary N) is 2. The van der Waals surface area contributed by atoms with Crippen molar-refractivity contribution in [1.82, 2.24) is 9.88 Å². The maximum atomic E-state index is 12.5. The van der Waals surface area contributed by atoms with Crippen molar-refractivity contribution >= 4 is 32.4 Å². The average Bonchev–Trinajstić information content (AvgIpc) is 2.99. The highest BCUT2D eigenvalue weighted by atomic mass is 32.2. The number of rotatable bonds is 8. The molecule has 1 aromatic heterocycles. The number of H-pyrrole nitrogens is 1. The van der Waals surface area contributed by atoms with Crippen molar-refractivity contribution in [3.05, 3.63) is 41.2 Å². The molecule has 2 N–H and O–H groups in total. The molecule has 0 saturated heterocycles. The number of alkyl halides is 1. The van der Waals surface area contributed by atoms with Crippen LogP contribution in [-0.2, 0) is 10.0 Å². The number of fused-ring (bicyclic) bond motifs is 1. The molecule has 0 bridgehead atoms. The van der Waals surface area contributed by atoms with Gasteiger partial charge in [-0.05, 0) is 37.1 Å². The number of ketones is 1. The molecule has 27 heavy (non-hydrogen) atoms. The van der Waals surface area contributed by atoms with Gasteiger partial charge in [0.25, 0.3) is 0 Å². The zero-order valence-corrected chi connectivity index (χ0v) is 16.2. The Labute approximate surface area is 157 Å². The number of nitrogens with zero attached hydrogens (tertiary/aromatic N) is 2. The highest BCUT2D eigenvalue weighted by Gasteiger charge is 2.17. The quantitative estimate of drug-likeness (QED) is 0.408. The lowest BCUT2D eigenvalue weighted by molar-refractivity contribution is 0.103. The molecule has 0 aliphatic rings. The fourth-order valence-corrected chi connectivity index (χ4v) is 3.68. The van der Waals surface area contributed by atoms with Crippen molar-refractivity contribution in [3.63, 3.8) is 0 Å². The number of aryl methyl sites for hydroxylation is 1. The second kappa shape index (κ2) is 8.22. The third-order valence-corrected chi connectivity index (χ3v) is 5.13. The van der Waals surface area contributed by atoms with Gasteiger partial charge in [0.05, 0.1) is 23.8 Å². The summed E-state index contributed by atoms with van der Waals surface area (Å²) in [5, 5.41) is 9.90. The first-order chi connectivity index (χ1) is 12.7. The van der Waals surface area contributed by atoms with Crippen molar-refractivity contribution in [1.29, 1.82) is 5.26 Å². The smallest absolute Gasteiger partial charge is 0.232 e. The normalized spacial score (nSPS) is 12.0. The topological polar surface area (TPSA) is 106 Å². The lowest BCUT2D eigenvalue weighted by atomic mass is 10.1. The first kappa shape index (κ1) is 20.5. The Morgan fingerprint density at radius 1 is 1.37 bits per heavy atom. The van der Waals surface area contributed by atoms with Crippen molar-refractivity contribution < 1.29 is 17.6 Å². The summed E-state index contributed by atoms with van der Waals surface area (Å²) in [4.78, 5) is 17.0. The Morgan fingerprint density at radius 2 is 2.07 bits per heavy atom. The van der Waals surface area contributed by atoms with E-state index in [4.69, 9.17) is 0 Å². The first-order valence-corrected chi connectivity index (χ1v) is 9.85. The first-order valence-electron chi connectivity index (χ1n) is 8.19. The molecule has 0 amide bonds. The van der Waals surface area contributed by atoms with Gasteiger partial charge in [0.15, 0.2) is 0 Å². The van der Waals surface area contributed by atoms with E-state index in [0.29, 0.717) is 22.2 Å². The summed E-state index contributed by atoms with van der Waals surface area (Å²) >= 11 is 0. The number of benzene rings is 1. The molecule has 144 valence electrons. The fourth-order valence-electron chi connectivity index (χ4n) is 2.53. The molecule has 1 heterocycles. The Bertz CT molecular complexity index is 1030. The largest absolute Gasteiger partial charge is 0.382 e. The molecular formula is C18H21FN4O3S. The van der Waals surface area contributed by atoms with Gasteiger partial charge in [-0.2, -0.15) is 5.26 Å². The zero-order valence-electron chi connectivity index (χ0n) is 15.3. The Kier molecular flexibility index (Phi) is 6.23. The Balaban J connectivity index is 2.39. The molecule has 7 nitrogen and oxygen atoms in total. The molecule has 2 rings (SSSR count). The van der Waals surface area contributed by atoms with Crippen LogP contribution in [0.5, 0.6) is 0 Å². The number of hydrogen-bond acceptors (Lipinski definition) is 5. The van der Waals surface area contributed by atoms with Gasteiger partial charge >= 0.3 is 0 Å². The van der Waals surface area contributed by atoms with Gasteiger partial charge in [-0.1, -0.05) is 0 Å². The fraction of sp³-hybridized carbons (Fsp3) is 0.333. The second-order valence-electron chi connectivity index (χ2n) is 6.35. The molecule has 0 spiro atoms. The van der Waals surface area contributed by atoms with Crippen LogP contribution < -0.4 is 4.72 Å². The highest BCUT2D eigenvalue weighted by molar-refractivity contribution is 7.92. The van der Waals surface area contributed by atoms with Gasteiger partial charge in [0.1, 0.15) is 11.6 Å². The molecule has 0 aliphatic carbocycles. The molecule has 0 saturated carbocycles. The second-order valence-corrected chi connectivity index (χ2v) is 8.19. The summed E-state index contributed by atoms with van der Waals surface area (Å²) in [5.41, 5.74) is 1.78. The van der Waals surface area contributed by atoms with E-state index in [1.54, 1.807) is 44.1 Å². The summed E-state index contributed by atoms with van der Waals surface area (Å²) in [6, 6.07) is 6.81. The van der Waals surface area contributed by atoms with Crippen molar-refractivity contribution in [2.45, 2.75) is 13.3 Å². The molecule has 2 aromatic rings. The van der Waals surface area contributed by atoms with Gasteiger partial charge in [-0.15, -0.1) is 0 Å². The molecule has 0 fully saturated rings. The molecule has 0 aliphatic heterocycles. The minimum absolute atomic E-state index is 0.0181. The molecule has 0 unspecified atom stereocenters. The van der Waals surface area contributed by atoms with E-state index >= 15 is 0 Å². The van der Waals surface area contributed by atoms with Crippen LogP contribution >= 0.6 is 0 Å². The molecule has 9 heteroatoms. The van der Waals surface area contributed by atoms with Crippen molar-refractivity contribution in [2.75, 3.05) is 31.2 Å². The molecule has 0 radical (unpaired) electrons. The number of halogens is 1. The summed E-state index contributed by atoms with van der Waals surface area (Å²) < 4.78 is 38.7. The monoisotopic (exact) mass is 392 g/mol. The SMILES string of the molecule is Cc1cc2cc(C(=O)/C(C#N)=C/N(C)C)[nH]c2cc1NS(=O)(=O)CCCF. The van der Waals surface area contributed by atoms with Crippen LogP contribution in [0, 0.1) is 18.3 Å². The van der Waals surface area contributed by atoms with Crippen molar-refractivity contribution in [3.8, 4) is 6.07 Å². The van der Waals surface area contributed by atoms with Crippen LogP contribution in [-0.4, -0.2) is 50.6 Å². The molecular weight excluding hydrogens is 371 g/mol. The number of Topliss-reactive ketones (excluding diaryl/α,β-unsaturated/α-hetero) is 1. The number of anilines is 1. The number of sulfonamides is 1.